The third kappa shape index (κ3) is 4.22. The first-order valence-electron chi connectivity index (χ1n) is 8.55. The first-order valence-corrected chi connectivity index (χ1v) is 8.93. The van der Waals surface area contributed by atoms with Crippen molar-refractivity contribution in [3.63, 3.8) is 0 Å². The lowest BCUT2D eigenvalue weighted by atomic mass is 9.93. The van der Waals surface area contributed by atoms with Gasteiger partial charge in [0.25, 0.3) is 0 Å². The summed E-state index contributed by atoms with van der Waals surface area (Å²) in [6, 6.07) is 1.87. The number of carbonyl (C=O) groups excluding carboxylic acids is 2. The van der Waals surface area contributed by atoms with Crippen LogP contribution in [-0.2, 0) is 9.53 Å². The molecule has 1 unspecified atom stereocenters. The molecule has 3 N–H and O–H groups in total. The van der Waals surface area contributed by atoms with Gasteiger partial charge in [-0.3, -0.25) is 0 Å². The van der Waals surface area contributed by atoms with Crippen LogP contribution in [-0.4, -0.2) is 30.3 Å². The highest BCUT2D eigenvalue weighted by molar-refractivity contribution is 6.32. The SMILES string of the molecule is CCCC1=C(C(=O)OCC)C(c2cc(Cl)c(O)c(OCC)c2)NC(=O)N1. The summed E-state index contributed by atoms with van der Waals surface area (Å²) in [6.45, 7) is 5.97. The van der Waals surface area contributed by atoms with Crippen LogP contribution in [0.15, 0.2) is 23.4 Å². The fourth-order valence-electron chi connectivity index (χ4n) is 2.79. The van der Waals surface area contributed by atoms with E-state index in [-0.39, 0.29) is 23.1 Å². The van der Waals surface area contributed by atoms with E-state index in [0.29, 0.717) is 29.9 Å². The predicted molar refractivity (Wildman–Crippen MR) is 97.3 cm³/mol. The highest BCUT2D eigenvalue weighted by atomic mass is 35.5. The second kappa shape index (κ2) is 8.80. The van der Waals surface area contributed by atoms with Gasteiger partial charge in [-0.25, -0.2) is 9.59 Å². The molecule has 7 nitrogen and oxygen atoms in total. The van der Waals surface area contributed by atoms with Crippen molar-refractivity contribution >= 4 is 23.6 Å². The minimum absolute atomic E-state index is 0.0685. The zero-order valence-corrected chi connectivity index (χ0v) is 15.8. The van der Waals surface area contributed by atoms with E-state index in [1.807, 2.05) is 6.92 Å². The molecule has 0 saturated heterocycles. The maximum Gasteiger partial charge on any atom is 0.338 e. The van der Waals surface area contributed by atoms with E-state index in [2.05, 4.69) is 10.6 Å². The fraction of sp³-hybridized carbons (Fsp3) is 0.444. The average molecular weight is 383 g/mol. The molecule has 0 saturated carbocycles. The summed E-state index contributed by atoms with van der Waals surface area (Å²) in [4.78, 5) is 24.6. The Hall–Kier alpha value is -2.41. The van der Waals surface area contributed by atoms with Crippen LogP contribution in [0.25, 0.3) is 0 Å². The van der Waals surface area contributed by atoms with Crippen molar-refractivity contribution in [2.75, 3.05) is 13.2 Å². The van der Waals surface area contributed by atoms with Gasteiger partial charge in [0.1, 0.15) is 0 Å². The molecule has 0 spiro atoms. The number of esters is 1. The van der Waals surface area contributed by atoms with E-state index < -0.39 is 18.0 Å². The second-order valence-corrected chi connectivity index (χ2v) is 6.08. The van der Waals surface area contributed by atoms with Gasteiger partial charge in [0.05, 0.1) is 29.9 Å². The Kier molecular flexibility index (Phi) is 6.74. The number of allylic oxidation sites excluding steroid dienone is 1. The number of urea groups is 1. The number of amides is 2. The van der Waals surface area contributed by atoms with Gasteiger partial charge < -0.3 is 25.2 Å². The lowest BCUT2D eigenvalue weighted by Gasteiger charge is -2.29. The Morgan fingerprint density at radius 1 is 1.27 bits per heavy atom. The van der Waals surface area contributed by atoms with Crippen LogP contribution in [0.3, 0.4) is 0 Å². The fourth-order valence-corrected chi connectivity index (χ4v) is 3.01. The van der Waals surface area contributed by atoms with Gasteiger partial charge in [-0.05, 0) is 38.0 Å². The highest BCUT2D eigenvalue weighted by Gasteiger charge is 2.34. The van der Waals surface area contributed by atoms with Crippen LogP contribution in [0.5, 0.6) is 11.5 Å². The van der Waals surface area contributed by atoms with Crippen molar-refractivity contribution in [1.29, 1.82) is 0 Å². The third-order valence-electron chi connectivity index (χ3n) is 3.83. The molecule has 0 aromatic heterocycles. The topological polar surface area (TPSA) is 96.9 Å². The van der Waals surface area contributed by atoms with Gasteiger partial charge in [-0.2, -0.15) is 0 Å². The smallest absolute Gasteiger partial charge is 0.338 e. The molecule has 1 aromatic carbocycles. The number of rotatable bonds is 7. The molecule has 2 rings (SSSR count). The molecule has 8 heteroatoms. The van der Waals surface area contributed by atoms with Crippen LogP contribution in [0.4, 0.5) is 4.79 Å². The van der Waals surface area contributed by atoms with Crippen LogP contribution in [0.1, 0.15) is 45.2 Å². The molecule has 0 aliphatic carbocycles. The highest BCUT2D eigenvalue weighted by Crippen LogP contribution is 2.39. The number of benzene rings is 1. The van der Waals surface area contributed by atoms with Crippen LogP contribution in [0, 0.1) is 0 Å². The summed E-state index contributed by atoms with van der Waals surface area (Å²) >= 11 is 6.11. The molecular formula is C18H23ClN2O5. The molecular weight excluding hydrogens is 360 g/mol. The minimum Gasteiger partial charge on any atom is -0.503 e. The van der Waals surface area contributed by atoms with E-state index >= 15 is 0 Å². The molecule has 2 amide bonds. The summed E-state index contributed by atoms with van der Waals surface area (Å²) in [7, 11) is 0. The van der Waals surface area contributed by atoms with Gasteiger partial charge in [0.15, 0.2) is 11.5 Å². The Bertz CT molecular complexity index is 733. The van der Waals surface area contributed by atoms with Crippen molar-refractivity contribution in [2.24, 2.45) is 0 Å². The standard InChI is InChI=1S/C18H23ClN2O5/c1-4-7-12-14(17(23)26-6-3)15(21-18(24)20-12)10-8-11(19)16(22)13(9-10)25-5-2/h8-9,15,22H,4-7H2,1-3H3,(H2,20,21,24). The van der Waals surface area contributed by atoms with Crippen molar-refractivity contribution in [1.82, 2.24) is 10.6 Å². The molecule has 0 radical (unpaired) electrons. The van der Waals surface area contributed by atoms with E-state index in [1.54, 1.807) is 19.9 Å². The Morgan fingerprint density at radius 2 is 2.00 bits per heavy atom. The average Bonchev–Trinajstić information content (AvgIpc) is 2.59. The summed E-state index contributed by atoms with van der Waals surface area (Å²) in [6.07, 6.45) is 1.26. The molecule has 1 heterocycles. The van der Waals surface area contributed by atoms with Crippen molar-refractivity contribution in [3.8, 4) is 11.5 Å². The first kappa shape index (κ1) is 19.9. The van der Waals surface area contributed by atoms with E-state index in [9.17, 15) is 14.7 Å². The summed E-state index contributed by atoms with van der Waals surface area (Å²) in [5.41, 5.74) is 1.35. The number of ether oxygens (including phenoxy) is 2. The number of nitrogens with one attached hydrogen (secondary N) is 2. The molecule has 1 aliphatic heterocycles. The normalized spacial score (nSPS) is 16.8. The molecule has 0 bridgehead atoms. The van der Waals surface area contributed by atoms with E-state index in [1.165, 1.54) is 6.07 Å². The molecule has 142 valence electrons. The van der Waals surface area contributed by atoms with Gasteiger partial charge in [0.2, 0.25) is 0 Å². The third-order valence-corrected chi connectivity index (χ3v) is 4.12. The molecule has 1 atom stereocenters. The van der Waals surface area contributed by atoms with Gasteiger partial charge in [-0.1, -0.05) is 24.9 Å². The predicted octanol–water partition coefficient (Wildman–Crippen LogP) is 3.42. The van der Waals surface area contributed by atoms with E-state index in [4.69, 9.17) is 21.1 Å². The quantitative estimate of drug-likeness (QED) is 0.628. The summed E-state index contributed by atoms with van der Waals surface area (Å²) in [5, 5.41) is 15.5. The number of hydrogen-bond donors (Lipinski definition) is 3. The number of phenols is 1. The largest absolute Gasteiger partial charge is 0.503 e. The lowest BCUT2D eigenvalue weighted by molar-refractivity contribution is -0.139. The first-order chi connectivity index (χ1) is 12.4. The maximum atomic E-state index is 12.6. The van der Waals surface area contributed by atoms with Gasteiger partial charge in [0, 0.05) is 5.70 Å². The second-order valence-electron chi connectivity index (χ2n) is 5.68. The maximum absolute atomic E-state index is 12.6. The molecule has 0 fully saturated rings. The lowest BCUT2D eigenvalue weighted by Crippen LogP contribution is -2.46. The van der Waals surface area contributed by atoms with Gasteiger partial charge in [-0.15, -0.1) is 0 Å². The molecule has 1 aliphatic rings. The molecule has 26 heavy (non-hydrogen) atoms. The zero-order valence-electron chi connectivity index (χ0n) is 15.0. The van der Waals surface area contributed by atoms with E-state index in [0.717, 1.165) is 6.42 Å². The number of aromatic hydroxyl groups is 1. The van der Waals surface area contributed by atoms with Gasteiger partial charge >= 0.3 is 12.0 Å². The monoisotopic (exact) mass is 382 g/mol. The van der Waals surface area contributed by atoms with Crippen molar-refractivity contribution < 1.29 is 24.2 Å². The Labute approximate surface area is 157 Å². The van der Waals surface area contributed by atoms with Crippen LogP contribution in [0.2, 0.25) is 5.02 Å². The minimum atomic E-state index is -0.762. The summed E-state index contributed by atoms with van der Waals surface area (Å²) < 4.78 is 10.6. The number of halogens is 1. The van der Waals surface area contributed by atoms with Crippen LogP contribution >= 0.6 is 11.6 Å². The van der Waals surface area contributed by atoms with Crippen molar-refractivity contribution in [2.45, 2.75) is 39.7 Å². The van der Waals surface area contributed by atoms with Crippen LogP contribution < -0.4 is 15.4 Å². The Morgan fingerprint density at radius 3 is 2.62 bits per heavy atom. The number of hydrogen-bond acceptors (Lipinski definition) is 5. The number of phenolic OH excluding ortho intramolecular Hbond substituents is 1. The number of carbonyl (C=O) groups is 2. The summed E-state index contributed by atoms with van der Waals surface area (Å²) in [5.74, 6) is -0.522. The zero-order chi connectivity index (χ0) is 19.3. The molecule has 1 aromatic rings. The van der Waals surface area contributed by atoms with Crippen molar-refractivity contribution in [3.05, 3.63) is 34.0 Å². The Balaban J connectivity index is 2.58.